The maximum atomic E-state index is 5.73. The minimum Gasteiger partial charge on any atom is -0.497 e. The Morgan fingerprint density at radius 3 is 2.54 bits per heavy atom. The van der Waals surface area contributed by atoms with E-state index in [1.54, 1.807) is 21.3 Å². The van der Waals surface area contributed by atoms with E-state index in [1.165, 1.54) is 5.56 Å². The van der Waals surface area contributed by atoms with Crippen LogP contribution in [0, 0.1) is 0 Å². The second-order valence-electron chi connectivity index (χ2n) is 5.95. The SMILES string of the molecule is CN=C(NCCc1cccc(OC)c1)Nc1cccc(OCCCOC)c1.I. The molecule has 2 rings (SSSR count). The maximum Gasteiger partial charge on any atom is 0.195 e. The molecule has 0 saturated carbocycles. The Balaban J connectivity index is 0.00000392. The van der Waals surface area contributed by atoms with Gasteiger partial charge in [-0.15, -0.1) is 24.0 Å². The van der Waals surface area contributed by atoms with E-state index in [0.29, 0.717) is 13.2 Å². The summed E-state index contributed by atoms with van der Waals surface area (Å²) in [5, 5.41) is 6.61. The molecule has 6 nitrogen and oxygen atoms in total. The average molecular weight is 499 g/mol. The molecular formula is C21H30IN3O3. The van der Waals surface area contributed by atoms with Gasteiger partial charge in [0, 0.05) is 45.5 Å². The molecule has 0 fully saturated rings. The van der Waals surface area contributed by atoms with Crippen LogP contribution in [0.4, 0.5) is 5.69 Å². The first-order valence-corrected chi connectivity index (χ1v) is 9.07. The predicted molar refractivity (Wildman–Crippen MR) is 126 cm³/mol. The number of anilines is 1. The highest BCUT2D eigenvalue weighted by atomic mass is 127. The van der Waals surface area contributed by atoms with E-state index in [4.69, 9.17) is 14.2 Å². The van der Waals surface area contributed by atoms with Gasteiger partial charge in [-0.2, -0.15) is 0 Å². The van der Waals surface area contributed by atoms with Crippen LogP contribution in [-0.4, -0.2) is 47.0 Å². The smallest absolute Gasteiger partial charge is 0.195 e. The van der Waals surface area contributed by atoms with Crippen LogP contribution in [-0.2, 0) is 11.2 Å². The maximum absolute atomic E-state index is 5.73. The zero-order valence-electron chi connectivity index (χ0n) is 16.7. The number of aliphatic imine (C=N–C) groups is 1. The molecule has 0 unspecified atom stereocenters. The van der Waals surface area contributed by atoms with Crippen molar-refractivity contribution in [2.45, 2.75) is 12.8 Å². The molecule has 0 atom stereocenters. The van der Waals surface area contributed by atoms with E-state index in [1.807, 2.05) is 42.5 Å². The molecule has 0 aliphatic carbocycles. The zero-order valence-corrected chi connectivity index (χ0v) is 19.1. The number of benzene rings is 2. The van der Waals surface area contributed by atoms with Crippen LogP contribution < -0.4 is 20.1 Å². The quantitative estimate of drug-likeness (QED) is 0.224. The van der Waals surface area contributed by atoms with Crippen LogP contribution in [0.15, 0.2) is 53.5 Å². The summed E-state index contributed by atoms with van der Waals surface area (Å²) in [5.74, 6) is 2.41. The molecule has 7 heteroatoms. The first kappa shape index (κ1) is 24.0. The molecule has 0 aliphatic heterocycles. The Kier molecular flexibility index (Phi) is 12.1. The molecule has 0 heterocycles. The van der Waals surface area contributed by atoms with Crippen LogP contribution in [0.3, 0.4) is 0 Å². The zero-order chi connectivity index (χ0) is 19.3. The standard InChI is InChI=1S/C21H29N3O3.HI/c1-22-21(23-12-11-17-7-4-9-19(15-17)26-3)24-18-8-5-10-20(16-18)27-14-6-13-25-2;/h4-5,7-10,15-16H,6,11-14H2,1-3H3,(H2,22,23,24);1H. The van der Waals surface area contributed by atoms with Gasteiger partial charge >= 0.3 is 0 Å². The first-order valence-electron chi connectivity index (χ1n) is 9.07. The Morgan fingerprint density at radius 2 is 1.79 bits per heavy atom. The molecule has 2 N–H and O–H groups in total. The first-order chi connectivity index (χ1) is 13.2. The van der Waals surface area contributed by atoms with Crippen molar-refractivity contribution in [3.8, 4) is 11.5 Å². The lowest BCUT2D eigenvalue weighted by molar-refractivity contribution is 0.172. The van der Waals surface area contributed by atoms with Gasteiger partial charge in [0.15, 0.2) is 5.96 Å². The minimum absolute atomic E-state index is 0. The third-order valence-electron chi connectivity index (χ3n) is 3.92. The van der Waals surface area contributed by atoms with Crippen molar-refractivity contribution < 1.29 is 14.2 Å². The molecule has 0 saturated heterocycles. The lowest BCUT2D eigenvalue weighted by Gasteiger charge is -2.13. The third kappa shape index (κ3) is 8.79. The van der Waals surface area contributed by atoms with Crippen LogP contribution in [0.25, 0.3) is 0 Å². The largest absolute Gasteiger partial charge is 0.497 e. The Hall–Kier alpha value is -2.00. The van der Waals surface area contributed by atoms with Gasteiger partial charge in [0.1, 0.15) is 11.5 Å². The number of hydrogen-bond acceptors (Lipinski definition) is 4. The lowest BCUT2D eigenvalue weighted by Crippen LogP contribution is -2.32. The van der Waals surface area contributed by atoms with Crippen molar-refractivity contribution in [2.75, 3.05) is 46.3 Å². The number of guanidine groups is 1. The summed E-state index contributed by atoms with van der Waals surface area (Å²) in [5.41, 5.74) is 2.14. The third-order valence-corrected chi connectivity index (χ3v) is 3.92. The van der Waals surface area contributed by atoms with Gasteiger partial charge < -0.3 is 24.8 Å². The van der Waals surface area contributed by atoms with E-state index in [0.717, 1.165) is 42.5 Å². The van der Waals surface area contributed by atoms with Crippen molar-refractivity contribution >= 4 is 35.6 Å². The molecule has 0 aliphatic rings. The molecule has 154 valence electrons. The predicted octanol–water partition coefficient (Wildman–Crippen LogP) is 3.96. The summed E-state index contributed by atoms with van der Waals surface area (Å²) >= 11 is 0. The normalized spacial score (nSPS) is 10.8. The van der Waals surface area contributed by atoms with Gasteiger partial charge in [-0.3, -0.25) is 4.99 Å². The summed E-state index contributed by atoms with van der Waals surface area (Å²) in [6.45, 7) is 2.09. The van der Waals surface area contributed by atoms with Gasteiger partial charge in [0.2, 0.25) is 0 Å². The Labute approximate surface area is 184 Å². The monoisotopic (exact) mass is 499 g/mol. The van der Waals surface area contributed by atoms with Gasteiger partial charge in [-0.05, 0) is 36.2 Å². The van der Waals surface area contributed by atoms with E-state index in [9.17, 15) is 0 Å². The summed E-state index contributed by atoms with van der Waals surface area (Å²) < 4.78 is 16.0. The molecule has 0 bridgehead atoms. The number of hydrogen-bond donors (Lipinski definition) is 2. The van der Waals surface area contributed by atoms with E-state index in [-0.39, 0.29) is 24.0 Å². The number of nitrogens with one attached hydrogen (secondary N) is 2. The molecule has 28 heavy (non-hydrogen) atoms. The van der Waals surface area contributed by atoms with E-state index >= 15 is 0 Å². The fraction of sp³-hybridized carbons (Fsp3) is 0.381. The Morgan fingerprint density at radius 1 is 1.00 bits per heavy atom. The van der Waals surface area contributed by atoms with Gasteiger partial charge in [0.05, 0.1) is 13.7 Å². The number of ether oxygens (including phenoxy) is 3. The Bertz CT molecular complexity index is 726. The molecule has 0 aromatic heterocycles. The van der Waals surface area contributed by atoms with Gasteiger partial charge in [-0.25, -0.2) is 0 Å². The van der Waals surface area contributed by atoms with Crippen LogP contribution in [0.2, 0.25) is 0 Å². The summed E-state index contributed by atoms with van der Waals surface area (Å²) in [7, 11) is 5.13. The minimum atomic E-state index is 0. The van der Waals surface area contributed by atoms with Crippen LogP contribution in [0.1, 0.15) is 12.0 Å². The summed E-state index contributed by atoms with van der Waals surface area (Å²) in [4.78, 5) is 4.28. The average Bonchev–Trinajstić information content (AvgIpc) is 2.71. The molecular weight excluding hydrogens is 469 g/mol. The fourth-order valence-corrected chi connectivity index (χ4v) is 2.53. The number of nitrogens with zero attached hydrogens (tertiary/aromatic N) is 1. The molecule has 2 aromatic carbocycles. The van der Waals surface area contributed by atoms with Gasteiger partial charge in [0.25, 0.3) is 0 Å². The highest BCUT2D eigenvalue weighted by molar-refractivity contribution is 14.0. The van der Waals surface area contributed by atoms with Crippen LogP contribution in [0.5, 0.6) is 11.5 Å². The highest BCUT2D eigenvalue weighted by Gasteiger charge is 2.02. The molecule has 2 aromatic rings. The van der Waals surface area contributed by atoms with Crippen molar-refractivity contribution in [3.05, 3.63) is 54.1 Å². The molecule has 0 radical (unpaired) electrons. The second kappa shape index (κ2) is 14.1. The summed E-state index contributed by atoms with van der Waals surface area (Å²) in [6, 6.07) is 15.9. The number of rotatable bonds is 10. The van der Waals surface area contributed by atoms with Crippen molar-refractivity contribution in [1.29, 1.82) is 0 Å². The highest BCUT2D eigenvalue weighted by Crippen LogP contribution is 2.17. The second-order valence-corrected chi connectivity index (χ2v) is 5.95. The van der Waals surface area contributed by atoms with Crippen LogP contribution >= 0.6 is 24.0 Å². The topological polar surface area (TPSA) is 64.1 Å². The number of methoxy groups -OCH3 is 2. The van der Waals surface area contributed by atoms with E-state index < -0.39 is 0 Å². The van der Waals surface area contributed by atoms with Crippen molar-refractivity contribution in [3.63, 3.8) is 0 Å². The van der Waals surface area contributed by atoms with Crippen molar-refractivity contribution in [2.24, 2.45) is 4.99 Å². The fourth-order valence-electron chi connectivity index (χ4n) is 2.53. The molecule has 0 spiro atoms. The lowest BCUT2D eigenvalue weighted by atomic mass is 10.1. The van der Waals surface area contributed by atoms with Crippen molar-refractivity contribution in [1.82, 2.24) is 5.32 Å². The summed E-state index contributed by atoms with van der Waals surface area (Å²) in [6.07, 6.45) is 1.74. The van der Waals surface area contributed by atoms with Gasteiger partial charge in [-0.1, -0.05) is 18.2 Å². The number of halogens is 1. The van der Waals surface area contributed by atoms with E-state index in [2.05, 4.69) is 21.7 Å². The molecule has 0 amide bonds.